The fourth-order valence-electron chi connectivity index (χ4n) is 4.52. The highest BCUT2D eigenvalue weighted by molar-refractivity contribution is 7.18. The van der Waals surface area contributed by atoms with Crippen LogP contribution in [0.4, 0.5) is 0 Å². The van der Waals surface area contributed by atoms with Crippen LogP contribution in [0, 0.1) is 13.8 Å². The predicted octanol–water partition coefficient (Wildman–Crippen LogP) is 5.69. The number of nitrogens with zero attached hydrogens (tertiary/aromatic N) is 1. The van der Waals surface area contributed by atoms with E-state index in [4.69, 9.17) is 9.72 Å². The van der Waals surface area contributed by atoms with E-state index >= 15 is 0 Å². The van der Waals surface area contributed by atoms with E-state index in [0.29, 0.717) is 0 Å². The van der Waals surface area contributed by atoms with E-state index < -0.39 is 5.97 Å². The molecule has 0 radical (unpaired) electrons. The highest BCUT2D eigenvalue weighted by atomic mass is 32.1. The summed E-state index contributed by atoms with van der Waals surface area (Å²) in [6.45, 7) is 4.85. The van der Waals surface area contributed by atoms with Gasteiger partial charge in [0.15, 0.2) is 0 Å². The summed E-state index contributed by atoms with van der Waals surface area (Å²) in [6.07, 6.45) is 3.87. The zero-order chi connectivity index (χ0) is 20.1. The molecule has 29 heavy (non-hydrogen) atoms. The van der Waals surface area contributed by atoms with Gasteiger partial charge in [0.25, 0.3) is 0 Å². The summed E-state index contributed by atoms with van der Waals surface area (Å²) < 4.78 is 6.99. The number of ether oxygens (including phenoxy) is 1. The number of aryl methyl sites for hydroxylation is 3. The van der Waals surface area contributed by atoms with Crippen molar-refractivity contribution < 1.29 is 14.6 Å². The lowest BCUT2D eigenvalue weighted by molar-refractivity contribution is -0.136. The number of rotatable bonds is 3. The zero-order valence-electron chi connectivity index (χ0n) is 16.4. The third kappa shape index (κ3) is 2.88. The van der Waals surface area contributed by atoms with E-state index in [9.17, 15) is 9.90 Å². The van der Waals surface area contributed by atoms with Crippen LogP contribution >= 0.6 is 11.3 Å². The van der Waals surface area contributed by atoms with Crippen LogP contribution in [0.3, 0.4) is 0 Å². The van der Waals surface area contributed by atoms with E-state index in [0.717, 1.165) is 69.3 Å². The third-order valence-corrected chi connectivity index (χ3v) is 6.82. The molecular weight excluding hydrogens is 382 g/mol. The largest absolute Gasteiger partial charge is 0.493 e. The van der Waals surface area contributed by atoms with Crippen molar-refractivity contribution in [3.63, 3.8) is 0 Å². The van der Waals surface area contributed by atoms with E-state index in [1.165, 1.54) is 10.3 Å². The topological polar surface area (TPSA) is 59.4 Å². The number of carboxylic acids is 1. The lowest BCUT2D eigenvalue weighted by Crippen LogP contribution is -2.09. The minimum atomic E-state index is -0.827. The molecule has 0 saturated heterocycles. The van der Waals surface area contributed by atoms with E-state index in [2.05, 4.69) is 30.5 Å². The second kappa shape index (κ2) is 6.85. The van der Waals surface area contributed by atoms with Crippen molar-refractivity contribution in [3.8, 4) is 16.9 Å². The first-order valence-corrected chi connectivity index (χ1v) is 10.7. The van der Waals surface area contributed by atoms with Crippen molar-refractivity contribution in [2.45, 2.75) is 33.1 Å². The first-order valence-electron chi connectivity index (χ1n) is 9.80. The van der Waals surface area contributed by atoms with Gasteiger partial charge in [0.1, 0.15) is 5.75 Å². The summed E-state index contributed by atoms with van der Waals surface area (Å²) in [5, 5.41) is 14.0. The Balaban J connectivity index is 1.87. The molecular formula is C24H21NO3S. The van der Waals surface area contributed by atoms with Crippen LogP contribution < -0.4 is 4.74 Å². The van der Waals surface area contributed by atoms with Gasteiger partial charge in [-0.05, 0) is 83.6 Å². The van der Waals surface area contributed by atoms with E-state index in [1.54, 1.807) is 11.3 Å². The number of hydrogen-bond donors (Lipinski definition) is 1. The van der Waals surface area contributed by atoms with Crippen LogP contribution in [0.5, 0.6) is 5.75 Å². The Morgan fingerprint density at radius 3 is 2.93 bits per heavy atom. The summed E-state index contributed by atoms with van der Waals surface area (Å²) in [7, 11) is 0. The number of pyridine rings is 1. The molecule has 5 rings (SSSR count). The third-order valence-electron chi connectivity index (χ3n) is 5.88. The Labute approximate surface area is 172 Å². The molecule has 4 aromatic rings. The van der Waals surface area contributed by atoms with E-state index in [-0.39, 0.29) is 6.42 Å². The lowest BCUT2D eigenvalue weighted by atomic mass is 9.86. The van der Waals surface area contributed by atoms with Crippen molar-refractivity contribution in [3.05, 3.63) is 58.1 Å². The SMILES string of the molecule is Cc1c(CC(=O)O)c(-c2ccc3c(c2)CCCO3)c(C)c2c1ncc1ccsc12. The minimum Gasteiger partial charge on any atom is -0.493 e. The molecule has 0 fully saturated rings. The van der Waals surface area contributed by atoms with Gasteiger partial charge in [-0.2, -0.15) is 0 Å². The molecule has 146 valence electrons. The Morgan fingerprint density at radius 2 is 2.10 bits per heavy atom. The molecule has 3 heterocycles. The molecule has 1 aliphatic heterocycles. The normalized spacial score (nSPS) is 13.4. The van der Waals surface area contributed by atoms with Crippen molar-refractivity contribution >= 4 is 38.3 Å². The highest BCUT2D eigenvalue weighted by Gasteiger charge is 2.22. The second-order valence-corrected chi connectivity index (χ2v) is 8.55. The van der Waals surface area contributed by atoms with Crippen LogP contribution in [0.2, 0.25) is 0 Å². The fourth-order valence-corrected chi connectivity index (χ4v) is 5.50. The molecule has 0 atom stereocenters. The Kier molecular flexibility index (Phi) is 4.28. The first-order chi connectivity index (χ1) is 14.0. The smallest absolute Gasteiger partial charge is 0.307 e. The lowest BCUT2D eigenvalue weighted by Gasteiger charge is -2.21. The molecule has 0 amide bonds. The quantitative estimate of drug-likeness (QED) is 0.478. The van der Waals surface area contributed by atoms with Gasteiger partial charge in [0.05, 0.1) is 18.5 Å². The second-order valence-electron chi connectivity index (χ2n) is 7.64. The summed E-state index contributed by atoms with van der Waals surface area (Å²) in [4.78, 5) is 16.4. The maximum absolute atomic E-state index is 11.7. The van der Waals surface area contributed by atoms with Crippen LogP contribution in [-0.4, -0.2) is 22.7 Å². The van der Waals surface area contributed by atoms with Gasteiger partial charge in [-0.3, -0.25) is 9.78 Å². The van der Waals surface area contributed by atoms with Crippen molar-refractivity contribution in [2.24, 2.45) is 0 Å². The monoisotopic (exact) mass is 403 g/mol. The number of benzene rings is 2. The summed E-state index contributed by atoms with van der Waals surface area (Å²) in [5.74, 6) is 0.115. The van der Waals surface area contributed by atoms with Crippen LogP contribution in [0.25, 0.3) is 32.1 Å². The summed E-state index contributed by atoms with van der Waals surface area (Å²) >= 11 is 1.71. The van der Waals surface area contributed by atoms with Gasteiger partial charge in [-0.1, -0.05) is 6.07 Å². The maximum atomic E-state index is 11.7. The number of hydrogen-bond acceptors (Lipinski definition) is 4. The average molecular weight is 404 g/mol. The van der Waals surface area contributed by atoms with Gasteiger partial charge in [-0.25, -0.2) is 0 Å². The first kappa shape index (κ1) is 18.1. The zero-order valence-corrected chi connectivity index (χ0v) is 17.2. The summed E-state index contributed by atoms with van der Waals surface area (Å²) in [6, 6.07) is 8.35. The molecule has 0 saturated carbocycles. The Bertz CT molecular complexity index is 1290. The van der Waals surface area contributed by atoms with Gasteiger partial charge >= 0.3 is 5.97 Å². The molecule has 1 N–H and O–H groups in total. The van der Waals surface area contributed by atoms with Gasteiger partial charge < -0.3 is 9.84 Å². The molecule has 4 nitrogen and oxygen atoms in total. The fraction of sp³-hybridized carbons (Fsp3) is 0.250. The van der Waals surface area contributed by atoms with Crippen molar-refractivity contribution in [1.82, 2.24) is 4.98 Å². The maximum Gasteiger partial charge on any atom is 0.307 e. The molecule has 1 aliphatic rings. The van der Waals surface area contributed by atoms with Crippen molar-refractivity contribution in [1.29, 1.82) is 0 Å². The average Bonchev–Trinajstić information content (AvgIpc) is 3.19. The van der Waals surface area contributed by atoms with Gasteiger partial charge in [0.2, 0.25) is 0 Å². The summed E-state index contributed by atoms with van der Waals surface area (Å²) in [5.41, 5.74) is 7.07. The standard InChI is InChI=1S/C24H21NO3S/c1-13-18(11-20(26)27)21(16-5-6-19-15(10-16)4-3-8-28-19)14(2)22-23(13)25-12-17-7-9-29-24(17)22/h5-7,9-10,12H,3-4,8,11H2,1-2H3,(H,26,27). The molecule has 2 aromatic heterocycles. The van der Waals surface area contributed by atoms with Crippen LogP contribution in [0.15, 0.2) is 35.8 Å². The molecule has 5 heteroatoms. The molecule has 0 spiro atoms. The number of aromatic nitrogens is 1. The predicted molar refractivity (Wildman–Crippen MR) is 117 cm³/mol. The minimum absolute atomic E-state index is 0.0182. The number of thiophene rings is 1. The van der Waals surface area contributed by atoms with Crippen LogP contribution in [-0.2, 0) is 17.6 Å². The van der Waals surface area contributed by atoms with E-state index in [1.807, 2.05) is 19.2 Å². The highest BCUT2D eigenvalue weighted by Crippen LogP contribution is 2.41. The van der Waals surface area contributed by atoms with Crippen LogP contribution in [0.1, 0.15) is 28.7 Å². The number of fused-ring (bicyclic) bond motifs is 4. The molecule has 0 bridgehead atoms. The Hall–Kier alpha value is -2.92. The molecule has 0 unspecified atom stereocenters. The Morgan fingerprint density at radius 1 is 1.24 bits per heavy atom. The van der Waals surface area contributed by atoms with Gasteiger partial charge in [-0.15, -0.1) is 11.3 Å². The molecule has 0 aliphatic carbocycles. The molecule has 2 aromatic carbocycles. The van der Waals surface area contributed by atoms with Crippen molar-refractivity contribution in [2.75, 3.05) is 6.61 Å². The number of aliphatic carboxylic acids is 1. The van der Waals surface area contributed by atoms with Gasteiger partial charge in [0, 0.05) is 21.7 Å². The number of carboxylic acid groups (broad SMARTS) is 1. The number of carbonyl (C=O) groups is 1.